The van der Waals surface area contributed by atoms with Gasteiger partial charge in [-0.1, -0.05) is 23.0 Å². The van der Waals surface area contributed by atoms with Crippen molar-refractivity contribution in [3.63, 3.8) is 0 Å². The average Bonchev–Trinajstić information content (AvgIpc) is 2.56. The van der Waals surface area contributed by atoms with Crippen LogP contribution in [0.2, 0.25) is 5.02 Å². The van der Waals surface area contributed by atoms with Crippen LogP contribution in [0.1, 0.15) is 43.0 Å². The zero-order chi connectivity index (χ0) is 17.9. The molecule has 0 aliphatic heterocycles. The Morgan fingerprint density at radius 3 is 2.50 bits per heavy atom. The SMILES string of the molecule is CON(C)S(=O)(=O)c1cc(C(=O)NC2CCC(C)CC2)ccc1Cl. The number of sulfonamides is 1. The Balaban J connectivity index is 2.20. The molecule has 0 radical (unpaired) electrons. The van der Waals surface area contributed by atoms with Crippen molar-refractivity contribution in [3.8, 4) is 0 Å². The summed E-state index contributed by atoms with van der Waals surface area (Å²) in [5, 5.41) is 3.02. The Kier molecular flexibility index (Phi) is 6.25. The predicted octanol–water partition coefficient (Wildman–Crippen LogP) is 2.83. The third kappa shape index (κ3) is 4.27. The molecule has 0 spiro atoms. The zero-order valence-electron chi connectivity index (χ0n) is 14.1. The maximum Gasteiger partial charge on any atom is 0.266 e. The normalized spacial score (nSPS) is 21.7. The first-order chi connectivity index (χ1) is 11.3. The molecule has 8 heteroatoms. The second-order valence-electron chi connectivity index (χ2n) is 6.17. The van der Waals surface area contributed by atoms with Crippen molar-refractivity contribution in [1.29, 1.82) is 0 Å². The number of benzene rings is 1. The summed E-state index contributed by atoms with van der Waals surface area (Å²) < 4.78 is 25.4. The molecule has 134 valence electrons. The van der Waals surface area contributed by atoms with Crippen LogP contribution in [0.15, 0.2) is 23.1 Å². The zero-order valence-corrected chi connectivity index (χ0v) is 15.7. The van der Waals surface area contributed by atoms with E-state index >= 15 is 0 Å². The molecule has 1 aliphatic carbocycles. The molecule has 1 saturated carbocycles. The van der Waals surface area contributed by atoms with Crippen LogP contribution in [0.5, 0.6) is 0 Å². The highest BCUT2D eigenvalue weighted by Crippen LogP contribution is 2.26. The molecule has 1 aromatic carbocycles. The van der Waals surface area contributed by atoms with Gasteiger partial charge in [-0.05, 0) is 49.8 Å². The summed E-state index contributed by atoms with van der Waals surface area (Å²) in [7, 11) is -1.41. The summed E-state index contributed by atoms with van der Waals surface area (Å²) in [6.45, 7) is 2.21. The van der Waals surface area contributed by atoms with E-state index in [0.717, 1.165) is 25.7 Å². The molecule has 24 heavy (non-hydrogen) atoms. The largest absolute Gasteiger partial charge is 0.349 e. The summed E-state index contributed by atoms with van der Waals surface area (Å²) >= 11 is 6.00. The van der Waals surface area contributed by atoms with E-state index in [4.69, 9.17) is 16.4 Å². The van der Waals surface area contributed by atoms with E-state index in [0.29, 0.717) is 10.4 Å². The van der Waals surface area contributed by atoms with Crippen molar-refractivity contribution in [3.05, 3.63) is 28.8 Å². The van der Waals surface area contributed by atoms with E-state index in [2.05, 4.69) is 12.2 Å². The summed E-state index contributed by atoms with van der Waals surface area (Å²) in [4.78, 5) is 17.0. The lowest BCUT2D eigenvalue weighted by molar-refractivity contribution is -0.0258. The maximum atomic E-state index is 12.4. The minimum Gasteiger partial charge on any atom is -0.349 e. The van der Waals surface area contributed by atoms with E-state index in [1.165, 1.54) is 32.4 Å². The molecule has 0 atom stereocenters. The van der Waals surface area contributed by atoms with Crippen LogP contribution in [0.3, 0.4) is 0 Å². The molecule has 2 rings (SSSR count). The first-order valence-corrected chi connectivity index (χ1v) is 9.71. The number of hydrogen-bond acceptors (Lipinski definition) is 4. The number of nitrogens with one attached hydrogen (secondary N) is 1. The molecule has 0 saturated heterocycles. The predicted molar refractivity (Wildman–Crippen MR) is 92.3 cm³/mol. The summed E-state index contributed by atoms with van der Waals surface area (Å²) in [5.74, 6) is 0.401. The van der Waals surface area contributed by atoms with Gasteiger partial charge in [0.2, 0.25) is 0 Å². The molecule has 0 heterocycles. The van der Waals surface area contributed by atoms with E-state index in [1.807, 2.05) is 0 Å². The molecule has 0 unspecified atom stereocenters. The Morgan fingerprint density at radius 1 is 1.29 bits per heavy atom. The second kappa shape index (κ2) is 7.82. The minimum absolute atomic E-state index is 0.0435. The van der Waals surface area contributed by atoms with Gasteiger partial charge >= 0.3 is 0 Å². The fourth-order valence-electron chi connectivity index (χ4n) is 2.75. The Hall–Kier alpha value is -1.15. The van der Waals surface area contributed by atoms with Gasteiger partial charge in [-0.2, -0.15) is 0 Å². The highest BCUT2D eigenvalue weighted by molar-refractivity contribution is 7.89. The van der Waals surface area contributed by atoms with E-state index < -0.39 is 10.0 Å². The molecule has 1 fully saturated rings. The van der Waals surface area contributed by atoms with Gasteiger partial charge in [0.15, 0.2) is 0 Å². The Bertz CT molecular complexity index is 700. The third-order valence-electron chi connectivity index (χ3n) is 4.42. The van der Waals surface area contributed by atoms with E-state index in [9.17, 15) is 13.2 Å². The van der Waals surface area contributed by atoms with Crippen LogP contribution in [0.4, 0.5) is 0 Å². The van der Waals surface area contributed by atoms with Gasteiger partial charge in [-0.15, -0.1) is 0 Å². The Labute approximate surface area is 148 Å². The number of hydrogen-bond donors (Lipinski definition) is 1. The molecule has 0 aromatic heterocycles. The number of carbonyl (C=O) groups excluding carboxylic acids is 1. The number of carbonyl (C=O) groups is 1. The molecule has 6 nitrogen and oxygen atoms in total. The highest BCUT2D eigenvalue weighted by Gasteiger charge is 2.26. The van der Waals surface area contributed by atoms with Gasteiger partial charge in [0.05, 0.1) is 12.1 Å². The molecule has 1 amide bonds. The van der Waals surface area contributed by atoms with Crippen molar-refractivity contribution in [2.24, 2.45) is 5.92 Å². The van der Waals surface area contributed by atoms with Crippen molar-refractivity contribution in [2.45, 2.75) is 43.5 Å². The molecule has 1 N–H and O–H groups in total. The fourth-order valence-corrected chi connectivity index (χ4v) is 4.23. The standard InChI is InChI=1S/C16H23ClN2O4S/c1-11-4-7-13(8-5-11)18-16(20)12-6-9-14(17)15(10-12)24(21,22)19(2)23-3/h6,9-11,13H,4-5,7-8H2,1-3H3,(H,18,20). The third-order valence-corrected chi connectivity index (χ3v) is 6.58. The monoisotopic (exact) mass is 374 g/mol. The van der Waals surface area contributed by atoms with Crippen LogP contribution < -0.4 is 5.32 Å². The van der Waals surface area contributed by atoms with E-state index in [1.54, 1.807) is 0 Å². The second-order valence-corrected chi connectivity index (χ2v) is 8.48. The smallest absolute Gasteiger partial charge is 0.266 e. The average molecular weight is 375 g/mol. The van der Waals surface area contributed by atoms with Gasteiger partial charge in [0, 0.05) is 18.7 Å². The van der Waals surface area contributed by atoms with Crippen LogP contribution in [-0.2, 0) is 14.9 Å². The van der Waals surface area contributed by atoms with Gasteiger partial charge < -0.3 is 5.32 Å². The van der Waals surface area contributed by atoms with Crippen LogP contribution >= 0.6 is 11.6 Å². The first-order valence-electron chi connectivity index (χ1n) is 7.89. The molecule has 1 aliphatic rings. The summed E-state index contributed by atoms with van der Waals surface area (Å²) in [6.07, 6.45) is 4.06. The lowest BCUT2D eigenvalue weighted by Gasteiger charge is -2.27. The van der Waals surface area contributed by atoms with Crippen LogP contribution in [0, 0.1) is 5.92 Å². The maximum absolute atomic E-state index is 12.4. The molecule has 0 bridgehead atoms. The minimum atomic E-state index is -3.92. The number of hydroxylamine groups is 1. The number of amides is 1. The lowest BCUT2D eigenvalue weighted by Crippen LogP contribution is -2.37. The first kappa shape index (κ1) is 19.2. The summed E-state index contributed by atoms with van der Waals surface area (Å²) in [5.41, 5.74) is 0.265. The van der Waals surface area contributed by atoms with Gasteiger partial charge in [-0.25, -0.2) is 8.42 Å². The summed E-state index contributed by atoms with van der Waals surface area (Å²) in [6, 6.07) is 4.35. The Morgan fingerprint density at radius 2 is 1.92 bits per heavy atom. The highest BCUT2D eigenvalue weighted by atomic mass is 35.5. The molecular weight excluding hydrogens is 352 g/mol. The van der Waals surface area contributed by atoms with E-state index in [-0.39, 0.29) is 27.4 Å². The lowest BCUT2D eigenvalue weighted by atomic mass is 9.87. The number of nitrogens with zero attached hydrogens (tertiary/aromatic N) is 1. The topological polar surface area (TPSA) is 75.7 Å². The van der Waals surface area contributed by atoms with Crippen molar-refractivity contribution in [1.82, 2.24) is 9.79 Å². The fraction of sp³-hybridized carbons (Fsp3) is 0.562. The van der Waals surface area contributed by atoms with Gasteiger partial charge in [0.1, 0.15) is 4.90 Å². The number of rotatable bonds is 5. The van der Waals surface area contributed by atoms with Crippen molar-refractivity contribution in [2.75, 3.05) is 14.2 Å². The number of halogens is 1. The molecule has 1 aromatic rings. The quantitative estimate of drug-likeness (QED) is 0.804. The molecular formula is C16H23ClN2O4S. The van der Waals surface area contributed by atoms with Crippen LogP contribution in [0.25, 0.3) is 0 Å². The van der Waals surface area contributed by atoms with Crippen LogP contribution in [-0.4, -0.2) is 39.0 Å². The van der Waals surface area contributed by atoms with Gasteiger partial charge in [0.25, 0.3) is 15.9 Å². The van der Waals surface area contributed by atoms with Gasteiger partial charge in [-0.3, -0.25) is 9.63 Å². The van der Waals surface area contributed by atoms with Crippen molar-refractivity contribution >= 4 is 27.5 Å². The van der Waals surface area contributed by atoms with Crippen molar-refractivity contribution < 1.29 is 18.0 Å².